The van der Waals surface area contributed by atoms with Crippen molar-refractivity contribution in [2.75, 3.05) is 7.05 Å². The SMILES string of the molecule is CC1C[C@@H](I)C[C@@H](C)N1C. The Balaban J connectivity index is 2.49. The van der Waals surface area contributed by atoms with Crippen LogP contribution in [0.15, 0.2) is 0 Å². The van der Waals surface area contributed by atoms with E-state index in [4.69, 9.17) is 0 Å². The summed E-state index contributed by atoms with van der Waals surface area (Å²) in [6.45, 7) is 4.64. The molecule has 1 fully saturated rings. The van der Waals surface area contributed by atoms with Crippen LogP contribution in [-0.2, 0) is 0 Å². The minimum Gasteiger partial charge on any atom is -0.301 e. The molecule has 0 radical (unpaired) electrons. The van der Waals surface area contributed by atoms with E-state index in [1.54, 1.807) is 0 Å². The predicted octanol–water partition coefficient (Wildman–Crippen LogP) is 2.29. The Morgan fingerprint density at radius 1 is 1.20 bits per heavy atom. The second-order valence-electron chi connectivity index (χ2n) is 3.43. The fourth-order valence-corrected chi connectivity index (χ4v) is 3.08. The van der Waals surface area contributed by atoms with Gasteiger partial charge in [-0.3, -0.25) is 0 Å². The molecule has 3 atom stereocenters. The van der Waals surface area contributed by atoms with Gasteiger partial charge in [0, 0.05) is 16.0 Å². The Morgan fingerprint density at radius 3 is 2.00 bits per heavy atom. The van der Waals surface area contributed by atoms with Gasteiger partial charge in [-0.2, -0.15) is 0 Å². The van der Waals surface area contributed by atoms with Gasteiger partial charge in [0.05, 0.1) is 0 Å². The molecule has 0 spiro atoms. The molecule has 0 N–H and O–H groups in total. The molecule has 0 aromatic carbocycles. The number of hydrogen-bond acceptors (Lipinski definition) is 1. The molecule has 1 unspecified atom stereocenters. The van der Waals surface area contributed by atoms with E-state index in [1.807, 2.05) is 0 Å². The van der Waals surface area contributed by atoms with Gasteiger partial charge in [0.2, 0.25) is 0 Å². The second kappa shape index (κ2) is 3.39. The molecule has 0 aromatic heterocycles. The maximum absolute atomic E-state index is 2.57. The van der Waals surface area contributed by atoms with E-state index in [-0.39, 0.29) is 0 Å². The first-order valence-corrected chi connectivity index (χ1v) is 5.22. The number of piperidine rings is 1. The largest absolute Gasteiger partial charge is 0.301 e. The van der Waals surface area contributed by atoms with Crippen LogP contribution in [0, 0.1) is 0 Å². The van der Waals surface area contributed by atoms with Crippen molar-refractivity contribution in [3.05, 3.63) is 0 Å². The van der Waals surface area contributed by atoms with Crippen molar-refractivity contribution in [3.8, 4) is 0 Å². The third kappa shape index (κ3) is 1.84. The molecule has 1 saturated heterocycles. The fourth-order valence-electron chi connectivity index (χ4n) is 1.60. The van der Waals surface area contributed by atoms with E-state index in [9.17, 15) is 0 Å². The van der Waals surface area contributed by atoms with Crippen molar-refractivity contribution in [1.82, 2.24) is 4.90 Å². The van der Waals surface area contributed by atoms with Crippen molar-refractivity contribution >= 4 is 22.6 Å². The summed E-state index contributed by atoms with van der Waals surface area (Å²) in [6, 6.07) is 1.57. The average molecular weight is 253 g/mol. The minimum absolute atomic E-state index is 0.783. The molecule has 2 heteroatoms. The molecule has 1 heterocycles. The number of alkyl halides is 1. The monoisotopic (exact) mass is 253 g/mol. The van der Waals surface area contributed by atoms with Gasteiger partial charge < -0.3 is 4.90 Å². The van der Waals surface area contributed by atoms with Crippen molar-refractivity contribution in [2.45, 2.75) is 42.7 Å². The van der Waals surface area contributed by atoms with E-state index in [0.29, 0.717) is 0 Å². The molecule has 0 aliphatic carbocycles. The summed E-state index contributed by atoms with van der Waals surface area (Å²) in [5, 5.41) is 0. The van der Waals surface area contributed by atoms with Crippen LogP contribution in [0.25, 0.3) is 0 Å². The predicted molar refractivity (Wildman–Crippen MR) is 53.7 cm³/mol. The summed E-state index contributed by atoms with van der Waals surface area (Å²) in [4.78, 5) is 2.48. The van der Waals surface area contributed by atoms with Crippen molar-refractivity contribution in [3.63, 3.8) is 0 Å². The fraction of sp³-hybridized carbons (Fsp3) is 1.00. The lowest BCUT2D eigenvalue weighted by atomic mass is 9.99. The maximum atomic E-state index is 2.57. The Morgan fingerprint density at radius 2 is 1.60 bits per heavy atom. The van der Waals surface area contributed by atoms with Gasteiger partial charge >= 0.3 is 0 Å². The topological polar surface area (TPSA) is 3.24 Å². The van der Waals surface area contributed by atoms with E-state index < -0.39 is 0 Å². The molecule has 1 rings (SSSR count). The van der Waals surface area contributed by atoms with Gasteiger partial charge in [-0.1, -0.05) is 22.6 Å². The average Bonchev–Trinajstić information content (AvgIpc) is 1.82. The highest BCUT2D eigenvalue weighted by Crippen LogP contribution is 2.26. The highest BCUT2D eigenvalue weighted by molar-refractivity contribution is 14.1. The van der Waals surface area contributed by atoms with Crippen LogP contribution in [0.5, 0.6) is 0 Å². The van der Waals surface area contributed by atoms with Crippen LogP contribution in [-0.4, -0.2) is 28.0 Å². The van der Waals surface area contributed by atoms with Crippen molar-refractivity contribution in [1.29, 1.82) is 0 Å². The summed E-state index contributed by atoms with van der Waals surface area (Å²) in [6.07, 6.45) is 2.72. The smallest absolute Gasteiger partial charge is 0.0139 e. The number of hydrogen-bond donors (Lipinski definition) is 0. The van der Waals surface area contributed by atoms with E-state index >= 15 is 0 Å². The summed E-state index contributed by atoms with van der Waals surface area (Å²) in [5.74, 6) is 0. The molecule has 10 heavy (non-hydrogen) atoms. The molecular weight excluding hydrogens is 237 g/mol. The lowest BCUT2D eigenvalue weighted by Crippen LogP contribution is -2.44. The third-order valence-electron chi connectivity index (χ3n) is 2.58. The summed E-state index contributed by atoms with van der Waals surface area (Å²) >= 11 is 2.57. The molecule has 1 aliphatic heterocycles. The lowest BCUT2D eigenvalue weighted by Gasteiger charge is -2.38. The third-order valence-corrected chi connectivity index (χ3v) is 3.60. The Labute approximate surface area is 77.3 Å². The molecule has 0 saturated carbocycles. The van der Waals surface area contributed by atoms with Gasteiger partial charge in [-0.05, 0) is 33.7 Å². The first kappa shape index (κ1) is 8.78. The molecule has 1 nitrogen and oxygen atoms in total. The van der Waals surface area contributed by atoms with Gasteiger partial charge in [0.15, 0.2) is 0 Å². The van der Waals surface area contributed by atoms with Crippen LogP contribution in [0.4, 0.5) is 0 Å². The first-order valence-electron chi connectivity index (χ1n) is 3.97. The maximum Gasteiger partial charge on any atom is 0.0139 e. The van der Waals surface area contributed by atoms with Gasteiger partial charge in [0.25, 0.3) is 0 Å². The molecule has 1 aliphatic rings. The lowest BCUT2D eigenvalue weighted by molar-refractivity contribution is 0.145. The first-order chi connectivity index (χ1) is 4.61. The van der Waals surface area contributed by atoms with Crippen molar-refractivity contribution < 1.29 is 0 Å². The summed E-state index contributed by atoms with van der Waals surface area (Å²) < 4.78 is 0.902. The summed E-state index contributed by atoms with van der Waals surface area (Å²) in [7, 11) is 2.23. The van der Waals surface area contributed by atoms with E-state index in [2.05, 4.69) is 48.4 Å². The molecule has 0 aromatic rings. The van der Waals surface area contributed by atoms with Gasteiger partial charge in [-0.15, -0.1) is 0 Å². The minimum atomic E-state index is 0.783. The number of nitrogens with zero attached hydrogens (tertiary/aromatic N) is 1. The molecular formula is C8H16IN. The Hall–Kier alpha value is 0.690. The highest BCUT2D eigenvalue weighted by atomic mass is 127. The number of likely N-dealkylation sites (tertiary alicyclic amines) is 1. The van der Waals surface area contributed by atoms with Crippen molar-refractivity contribution in [2.24, 2.45) is 0 Å². The normalized spacial score (nSPS) is 43.8. The standard InChI is InChI=1S/C8H16IN/c1-6-4-8(9)5-7(2)10(6)3/h6-8H,4-5H2,1-3H3/t6-,7?,8+/m1/s1. The van der Waals surface area contributed by atoms with Gasteiger partial charge in [0.1, 0.15) is 0 Å². The quantitative estimate of drug-likeness (QED) is 0.473. The molecule has 60 valence electrons. The number of rotatable bonds is 0. The van der Waals surface area contributed by atoms with Gasteiger partial charge in [-0.25, -0.2) is 0 Å². The van der Waals surface area contributed by atoms with Crippen LogP contribution < -0.4 is 0 Å². The van der Waals surface area contributed by atoms with Crippen LogP contribution >= 0.6 is 22.6 Å². The highest BCUT2D eigenvalue weighted by Gasteiger charge is 2.25. The van der Waals surface area contributed by atoms with E-state index in [0.717, 1.165) is 16.0 Å². The van der Waals surface area contributed by atoms with Crippen LogP contribution in [0.1, 0.15) is 26.7 Å². The van der Waals surface area contributed by atoms with Crippen LogP contribution in [0.3, 0.4) is 0 Å². The number of halogens is 1. The Kier molecular flexibility index (Phi) is 2.98. The molecule has 0 bridgehead atoms. The zero-order valence-electron chi connectivity index (χ0n) is 6.97. The second-order valence-corrected chi connectivity index (χ2v) is 5.19. The summed E-state index contributed by atoms with van der Waals surface area (Å²) in [5.41, 5.74) is 0. The zero-order valence-corrected chi connectivity index (χ0v) is 9.13. The van der Waals surface area contributed by atoms with Crippen LogP contribution in [0.2, 0.25) is 0 Å². The molecule has 0 amide bonds. The zero-order chi connectivity index (χ0) is 7.72. The Bertz CT molecular complexity index is 104. The van der Waals surface area contributed by atoms with E-state index in [1.165, 1.54) is 12.8 Å².